The van der Waals surface area contributed by atoms with E-state index in [1.54, 1.807) is 0 Å². The van der Waals surface area contributed by atoms with Crippen molar-refractivity contribution in [3.8, 4) is 5.75 Å². The van der Waals surface area contributed by atoms with Crippen molar-refractivity contribution in [3.05, 3.63) is 57.9 Å². The minimum absolute atomic E-state index is 0.0843. The van der Waals surface area contributed by atoms with Crippen molar-refractivity contribution in [2.75, 3.05) is 11.9 Å². The fourth-order valence-corrected chi connectivity index (χ4v) is 3.92. The van der Waals surface area contributed by atoms with Crippen molar-refractivity contribution in [1.82, 2.24) is 0 Å². The SMILES string of the molecule is Brc1ccc2c(c1)NCC(c1cc3ccccc3s1)O2. The third-order valence-electron chi connectivity index (χ3n) is 3.45. The van der Waals surface area contributed by atoms with Gasteiger partial charge in [-0.1, -0.05) is 34.1 Å². The summed E-state index contributed by atoms with van der Waals surface area (Å²) in [5.41, 5.74) is 1.05. The molecule has 20 heavy (non-hydrogen) atoms. The van der Waals surface area contributed by atoms with Crippen LogP contribution in [0.25, 0.3) is 10.1 Å². The molecule has 0 spiro atoms. The number of benzene rings is 2. The van der Waals surface area contributed by atoms with E-state index in [1.807, 2.05) is 23.5 Å². The average molecular weight is 346 g/mol. The van der Waals surface area contributed by atoms with Crippen molar-refractivity contribution in [1.29, 1.82) is 0 Å². The highest BCUT2D eigenvalue weighted by atomic mass is 79.9. The predicted molar refractivity (Wildman–Crippen MR) is 87.8 cm³/mol. The molecule has 0 aliphatic carbocycles. The van der Waals surface area contributed by atoms with Crippen molar-refractivity contribution in [2.45, 2.75) is 6.10 Å². The van der Waals surface area contributed by atoms with Crippen molar-refractivity contribution < 1.29 is 4.74 Å². The van der Waals surface area contributed by atoms with E-state index in [9.17, 15) is 0 Å². The first-order valence-electron chi connectivity index (χ1n) is 6.48. The first-order valence-corrected chi connectivity index (χ1v) is 8.09. The fraction of sp³-hybridized carbons (Fsp3) is 0.125. The van der Waals surface area contributed by atoms with Gasteiger partial charge in [0.1, 0.15) is 5.75 Å². The zero-order chi connectivity index (χ0) is 13.5. The number of hydrogen-bond donors (Lipinski definition) is 1. The Morgan fingerprint density at radius 2 is 2.05 bits per heavy atom. The summed E-state index contributed by atoms with van der Waals surface area (Å²) < 4.78 is 8.50. The first kappa shape index (κ1) is 12.2. The van der Waals surface area contributed by atoms with E-state index in [2.05, 4.69) is 57.6 Å². The molecule has 2 heterocycles. The summed E-state index contributed by atoms with van der Waals surface area (Å²) >= 11 is 5.29. The van der Waals surface area contributed by atoms with Crippen LogP contribution >= 0.6 is 27.3 Å². The zero-order valence-electron chi connectivity index (χ0n) is 10.6. The monoisotopic (exact) mass is 345 g/mol. The molecule has 1 atom stereocenters. The molecule has 0 fully saturated rings. The molecule has 0 bridgehead atoms. The van der Waals surface area contributed by atoms with Crippen molar-refractivity contribution in [2.24, 2.45) is 0 Å². The highest BCUT2D eigenvalue weighted by Gasteiger charge is 2.22. The molecule has 1 aliphatic heterocycles. The van der Waals surface area contributed by atoms with Crippen LogP contribution in [-0.2, 0) is 0 Å². The van der Waals surface area contributed by atoms with E-state index in [-0.39, 0.29) is 6.10 Å². The fourth-order valence-electron chi connectivity index (χ4n) is 2.46. The van der Waals surface area contributed by atoms with Crippen molar-refractivity contribution in [3.63, 3.8) is 0 Å². The van der Waals surface area contributed by atoms with Gasteiger partial charge in [-0.25, -0.2) is 0 Å². The maximum absolute atomic E-state index is 6.13. The van der Waals surface area contributed by atoms with Crippen LogP contribution in [0.3, 0.4) is 0 Å². The Morgan fingerprint density at radius 1 is 1.15 bits per heavy atom. The van der Waals surface area contributed by atoms with E-state index in [0.717, 1.165) is 22.5 Å². The van der Waals surface area contributed by atoms with Gasteiger partial charge >= 0.3 is 0 Å². The summed E-state index contributed by atoms with van der Waals surface area (Å²) in [5, 5.41) is 4.74. The third kappa shape index (κ3) is 2.09. The highest BCUT2D eigenvalue weighted by Crippen LogP contribution is 2.39. The molecule has 4 rings (SSSR count). The lowest BCUT2D eigenvalue weighted by Crippen LogP contribution is -2.22. The number of rotatable bonds is 1. The molecule has 0 amide bonds. The first-order chi connectivity index (χ1) is 9.79. The van der Waals surface area contributed by atoms with Gasteiger partial charge in [0, 0.05) is 14.0 Å². The second-order valence-electron chi connectivity index (χ2n) is 4.81. The summed E-state index contributed by atoms with van der Waals surface area (Å²) in [6.45, 7) is 0.802. The Morgan fingerprint density at radius 3 is 2.95 bits per heavy atom. The van der Waals surface area contributed by atoms with Crippen LogP contribution in [0.4, 0.5) is 5.69 Å². The Bertz CT molecular complexity index is 750. The maximum Gasteiger partial charge on any atom is 0.150 e. The van der Waals surface area contributed by atoms with Gasteiger partial charge in [0.15, 0.2) is 6.10 Å². The number of fused-ring (bicyclic) bond motifs is 2. The topological polar surface area (TPSA) is 21.3 Å². The minimum Gasteiger partial charge on any atom is -0.481 e. The largest absolute Gasteiger partial charge is 0.481 e. The van der Waals surface area contributed by atoms with Gasteiger partial charge in [-0.3, -0.25) is 0 Å². The van der Waals surface area contributed by atoms with E-state index in [0.29, 0.717) is 0 Å². The Labute approximate surface area is 129 Å². The predicted octanol–water partition coefficient (Wildman–Crippen LogP) is 5.21. The van der Waals surface area contributed by atoms with E-state index in [4.69, 9.17) is 4.74 Å². The number of anilines is 1. The lowest BCUT2D eigenvalue weighted by Gasteiger charge is -2.26. The van der Waals surface area contributed by atoms with Gasteiger partial charge in [0.2, 0.25) is 0 Å². The molecule has 0 saturated heterocycles. The molecule has 3 aromatic rings. The Hall–Kier alpha value is -1.52. The van der Waals surface area contributed by atoms with Gasteiger partial charge in [-0.15, -0.1) is 11.3 Å². The molecule has 1 unspecified atom stereocenters. The van der Waals surface area contributed by atoms with E-state index < -0.39 is 0 Å². The Balaban J connectivity index is 1.69. The minimum atomic E-state index is 0.0843. The van der Waals surface area contributed by atoms with E-state index in [1.165, 1.54) is 15.0 Å². The van der Waals surface area contributed by atoms with Crippen LogP contribution in [-0.4, -0.2) is 6.54 Å². The van der Waals surface area contributed by atoms with Gasteiger partial charge in [0.25, 0.3) is 0 Å². The standard InChI is InChI=1S/C16H12BrNOS/c17-11-5-6-13-12(8-11)18-9-14(19-13)16-7-10-3-1-2-4-15(10)20-16/h1-8,14,18H,9H2. The Kier molecular flexibility index (Phi) is 2.93. The molecule has 1 aromatic heterocycles. The maximum atomic E-state index is 6.13. The highest BCUT2D eigenvalue weighted by molar-refractivity contribution is 9.10. The summed E-state index contributed by atoms with van der Waals surface area (Å²) in [6, 6.07) is 16.8. The van der Waals surface area contributed by atoms with Crippen LogP contribution in [0.5, 0.6) is 5.75 Å². The quantitative estimate of drug-likeness (QED) is 0.653. The van der Waals surface area contributed by atoms with Gasteiger partial charge in [0.05, 0.1) is 12.2 Å². The van der Waals surface area contributed by atoms with Crippen LogP contribution in [0.15, 0.2) is 53.0 Å². The van der Waals surface area contributed by atoms with Crippen LogP contribution in [0.2, 0.25) is 0 Å². The molecule has 100 valence electrons. The number of ether oxygens (including phenoxy) is 1. The molecule has 4 heteroatoms. The molecule has 0 saturated carbocycles. The lowest BCUT2D eigenvalue weighted by molar-refractivity contribution is 0.214. The average Bonchev–Trinajstić information content (AvgIpc) is 2.90. The molecule has 1 N–H and O–H groups in total. The zero-order valence-corrected chi connectivity index (χ0v) is 13.0. The summed E-state index contributed by atoms with van der Waals surface area (Å²) in [7, 11) is 0. The van der Waals surface area contributed by atoms with Crippen molar-refractivity contribution >= 4 is 43.0 Å². The van der Waals surface area contributed by atoms with Crippen LogP contribution < -0.4 is 10.1 Å². The third-order valence-corrected chi connectivity index (χ3v) is 5.15. The normalized spacial score (nSPS) is 17.4. The smallest absolute Gasteiger partial charge is 0.150 e. The van der Waals surface area contributed by atoms with E-state index >= 15 is 0 Å². The molecule has 2 nitrogen and oxygen atoms in total. The summed E-state index contributed by atoms with van der Waals surface area (Å²) in [4.78, 5) is 1.27. The van der Waals surface area contributed by atoms with Gasteiger partial charge in [-0.2, -0.15) is 0 Å². The van der Waals surface area contributed by atoms with Crippen LogP contribution in [0.1, 0.15) is 11.0 Å². The molecule has 1 aliphatic rings. The van der Waals surface area contributed by atoms with Crippen LogP contribution in [0, 0.1) is 0 Å². The molecular formula is C16H12BrNOS. The second kappa shape index (κ2) is 4.79. The number of nitrogens with one attached hydrogen (secondary N) is 1. The summed E-state index contributed by atoms with van der Waals surface area (Å²) in [5.74, 6) is 0.918. The van der Waals surface area contributed by atoms with Gasteiger partial charge < -0.3 is 10.1 Å². The second-order valence-corrected chi connectivity index (χ2v) is 6.85. The van der Waals surface area contributed by atoms with Gasteiger partial charge in [-0.05, 0) is 35.7 Å². The number of thiophene rings is 1. The lowest BCUT2D eigenvalue weighted by atomic mass is 10.2. The molecule has 2 aromatic carbocycles. The number of halogens is 1. The molecule has 0 radical (unpaired) electrons. The summed E-state index contributed by atoms with van der Waals surface area (Å²) in [6.07, 6.45) is 0.0843. The molecular weight excluding hydrogens is 334 g/mol. The number of hydrogen-bond acceptors (Lipinski definition) is 3.